The van der Waals surface area contributed by atoms with Crippen LogP contribution in [-0.4, -0.2) is 13.1 Å². The Morgan fingerprint density at radius 3 is 2.76 bits per heavy atom. The summed E-state index contributed by atoms with van der Waals surface area (Å²) >= 11 is 1.73. The van der Waals surface area contributed by atoms with Crippen LogP contribution in [0.15, 0.2) is 41.8 Å². The van der Waals surface area contributed by atoms with Crippen molar-refractivity contribution in [2.75, 3.05) is 7.11 Å². The Labute approximate surface area is 129 Å². The molecule has 0 bridgehead atoms. The first kappa shape index (κ1) is 14.1. The lowest BCUT2D eigenvalue weighted by Gasteiger charge is -2.32. The molecule has 1 heterocycles. The smallest absolute Gasteiger partial charge is 0.337 e. The summed E-state index contributed by atoms with van der Waals surface area (Å²) in [5.41, 5.74) is 4.37. The maximum atomic E-state index is 11.8. The van der Waals surface area contributed by atoms with Gasteiger partial charge in [-0.1, -0.05) is 32.1 Å². The van der Waals surface area contributed by atoms with Crippen molar-refractivity contribution in [3.8, 4) is 0 Å². The summed E-state index contributed by atoms with van der Waals surface area (Å²) in [7, 11) is 1.42. The van der Waals surface area contributed by atoms with Gasteiger partial charge in [-0.15, -0.1) is 11.3 Å². The van der Waals surface area contributed by atoms with Gasteiger partial charge < -0.3 is 4.74 Å². The van der Waals surface area contributed by atoms with Gasteiger partial charge in [-0.2, -0.15) is 0 Å². The van der Waals surface area contributed by atoms with E-state index in [1.807, 2.05) is 12.1 Å². The van der Waals surface area contributed by atoms with E-state index in [-0.39, 0.29) is 11.4 Å². The van der Waals surface area contributed by atoms with Crippen molar-refractivity contribution in [2.24, 2.45) is 0 Å². The lowest BCUT2D eigenvalue weighted by molar-refractivity contribution is 0.0600. The van der Waals surface area contributed by atoms with Gasteiger partial charge in [0.25, 0.3) is 0 Å². The van der Waals surface area contributed by atoms with Gasteiger partial charge in [-0.25, -0.2) is 4.79 Å². The van der Waals surface area contributed by atoms with Crippen molar-refractivity contribution < 1.29 is 9.53 Å². The van der Waals surface area contributed by atoms with E-state index in [1.54, 1.807) is 11.3 Å². The Kier molecular flexibility index (Phi) is 3.46. The molecule has 2 aromatic rings. The average Bonchev–Trinajstić information content (AvgIpc) is 3.00. The molecule has 1 aliphatic rings. The molecule has 1 aromatic heterocycles. The second-order valence-corrected chi connectivity index (χ2v) is 6.88. The predicted octanol–water partition coefficient (Wildman–Crippen LogP) is 4.65. The number of fused-ring (bicyclic) bond motifs is 1. The summed E-state index contributed by atoms with van der Waals surface area (Å²) in [6.07, 6.45) is 3.29. The first-order valence-corrected chi connectivity index (χ1v) is 7.88. The summed E-state index contributed by atoms with van der Waals surface area (Å²) in [6.45, 7) is 4.48. The number of rotatable bonds is 2. The average molecular weight is 298 g/mol. The topological polar surface area (TPSA) is 26.3 Å². The summed E-state index contributed by atoms with van der Waals surface area (Å²) in [4.78, 5) is 13.1. The second-order valence-electron chi connectivity index (χ2n) is 5.94. The van der Waals surface area contributed by atoms with Crippen LogP contribution in [0.5, 0.6) is 0 Å². The van der Waals surface area contributed by atoms with E-state index >= 15 is 0 Å². The maximum Gasteiger partial charge on any atom is 0.337 e. The van der Waals surface area contributed by atoms with Crippen LogP contribution in [0.3, 0.4) is 0 Å². The van der Waals surface area contributed by atoms with Crippen molar-refractivity contribution in [3.63, 3.8) is 0 Å². The number of methoxy groups -OCH3 is 1. The standard InChI is InChI=1S/C18H18O2S/c1-18(2)9-8-13(16-5-4-10-21-16)14-11-12(17(19)20-3)6-7-15(14)18/h4-8,10-11H,9H2,1-3H3. The highest BCUT2D eigenvalue weighted by molar-refractivity contribution is 7.11. The van der Waals surface area contributed by atoms with Gasteiger partial charge in [0.1, 0.15) is 0 Å². The Morgan fingerprint density at radius 1 is 1.29 bits per heavy atom. The van der Waals surface area contributed by atoms with Crippen molar-refractivity contribution in [1.82, 2.24) is 0 Å². The van der Waals surface area contributed by atoms with Gasteiger partial charge in [0.05, 0.1) is 12.7 Å². The van der Waals surface area contributed by atoms with Crippen LogP contribution < -0.4 is 0 Å². The van der Waals surface area contributed by atoms with Gasteiger partial charge in [-0.3, -0.25) is 0 Å². The Bertz CT molecular complexity index is 709. The minimum absolute atomic E-state index is 0.0880. The normalized spacial score (nSPS) is 16.0. The summed E-state index contributed by atoms with van der Waals surface area (Å²) in [6, 6.07) is 10.1. The van der Waals surface area contributed by atoms with Crippen molar-refractivity contribution in [2.45, 2.75) is 25.7 Å². The van der Waals surface area contributed by atoms with Crippen LogP contribution in [0, 0.1) is 0 Å². The van der Waals surface area contributed by atoms with E-state index < -0.39 is 0 Å². The number of ether oxygens (including phenoxy) is 1. The van der Waals surface area contributed by atoms with E-state index in [2.05, 4.69) is 43.5 Å². The highest BCUT2D eigenvalue weighted by Crippen LogP contribution is 2.42. The molecule has 0 amide bonds. The molecule has 0 spiro atoms. The third-order valence-electron chi connectivity index (χ3n) is 4.06. The zero-order valence-electron chi connectivity index (χ0n) is 12.5. The number of esters is 1. The molecular weight excluding hydrogens is 280 g/mol. The predicted molar refractivity (Wildman–Crippen MR) is 86.8 cm³/mol. The van der Waals surface area contributed by atoms with E-state index in [9.17, 15) is 4.79 Å². The number of carbonyl (C=O) groups excluding carboxylic acids is 1. The van der Waals surface area contributed by atoms with Gasteiger partial charge in [0.15, 0.2) is 0 Å². The number of allylic oxidation sites excluding steroid dienone is 1. The summed E-state index contributed by atoms with van der Waals surface area (Å²) in [5, 5.41) is 2.08. The molecule has 0 aliphatic heterocycles. The number of carbonyl (C=O) groups is 1. The molecule has 0 radical (unpaired) electrons. The van der Waals surface area contributed by atoms with Gasteiger partial charge in [-0.05, 0) is 52.1 Å². The Balaban J connectivity index is 2.18. The molecule has 0 atom stereocenters. The Hall–Kier alpha value is -1.87. The molecule has 3 rings (SSSR count). The third-order valence-corrected chi connectivity index (χ3v) is 4.97. The lowest BCUT2D eigenvalue weighted by atomic mass is 9.73. The molecule has 108 valence electrons. The molecule has 0 N–H and O–H groups in total. The maximum absolute atomic E-state index is 11.8. The molecule has 0 fully saturated rings. The summed E-state index contributed by atoms with van der Waals surface area (Å²) < 4.78 is 4.85. The lowest BCUT2D eigenvalue weighted by Crippen LogP contribution is -2.22. The van der Waals surface area contributed by atoms with Crippen LogP contribution >= 0.6 is 11.3 Å². The molecule has 2 nitrogen and oxygen atoms in total. The van der Waals surface area contributed by atoms with Crippen LogP contribution in [0.25, 0.3) is 5.57 Å². The molecule has 0 unspecified atom stereocenters. The van der Waals surface area contributed by atoms with Crippen LogP contribution in [0.4, 0.5) is 0 Å². The highest BCUT2D eigenvalue weighted by atomic mass is 32.1. The fourth-order valence-corrected chi connectivity index (χ4v) is 3.63. The molecule has 1 aliphatic carbocycles. The summed E-state index contributed by atoms with van der Waals surface area (Å²) in [5.74, 6) is -0.285. The first-order chi connectivity index (χ1) is 10.0. The molecule has 3 heteroatoms. The molecular formula is C18H18O2S. The minimum atomic E-state index is -0.285. The zero-order chi connectivity index (χ0) is 15.0. The quantitative estimate of drug-likeness (QED) is 0.754. The molecule has 0 saturated heterocycles. The largest absolute Gasteiger partial charge is 0.465 e. The number of hydrogen-bond donors (Lipinski definition) is 0. The zero-order valence-corrected chi connectivity index (χ0v) is 13.3. The van der Waals surface area contributed by atoms with Crippen molar-refractivity contribution in [1.29, 1.82) is 0 Å². The molecule has 0 saturated carbocycles. The van der Waals surface area contributed by atoms with Crippen LogP contribution in [0.2, 0.25) is 0 Å². The number of thiophene rings is 1. The van der Waals surface area contributed by atoms with Crippen molar-refractivity contribution >= 4 is 22.9 Å². The van der Waals surface area contributed by atoms with Crippen LogP contribution in [-0.2, 0) is 10.2 Å². The fourth-order valence-electron chi connectivity index (χ4n) is 2.84. The van der Waals surface area contributed by atoms with Crippen LogP contribution in [0.1, 0.15) is 46.6 Å². The van der Waals surface area contributed by atoms with E-state index in [1.165, 1.54) is 23.1 Å². The van der Waals surface area contributed by atoms with Gasteiger partial charge in [0, 0.05) is 4.88 Å². The third kappa shape index (κ3) is 2.42. The first-order valence-electron chi connectivity index (χ1n) is 7.00. The second kappa shape index (κ2) is 5.15. The number of benzene rings is 1. The van der Waals surface area contributed by atoms with E-state index in [0.29, 0.717) is 5.56 Å². The molecule has 21 heavy (non-hydrogen) atoms. The van der Waals surface area contributed by atoms with E-state index in [0.717, 1.165) is 12.0 Å². The van der Waals surface area contributed by atoms with Crippen molar-refractivity contribution in [3.05, 3.63) is 63.4 Å². The van der Waals surface area contributed by atoms with E-state index in [4.69, 9.17) is 4.74 Å². The highest BCUT2D eigenvalue weighted by Gasteiger charge is 2.29. The number of hydrogen-bond acceptors (Lipinski definition) is 3. The van der Waals surface area contributed by atoms with Gasteiger partial charge >= 0.3 is 5.97 Å². The Morgan fingerprint density at radius 2 is 2.10 bits per heavy atom. The SMILES string of the molecule is COC(=O)c1ccc2c(c1)C(c1cccs1)=CCC2(C)C. The fraction of sp³-hybridized carbons (Fsp3) is 0.278. The van der Waals surface area contributed by atoms with Gasteiger partial charge in [0.2, 0.25) is 0 Å². The molecule has 1 aromatic carbocycles. The minimum Gasteiger partial charge on any atom is -0.465 e. The monoisotopic (exact) mass is 298 g/mol.